The Hall–Kier alpha value is -3.78. The van der Waals surface area contributed by atoms with Gasteiger partial charge in [-0.15, -0.1) is 21.5 Å². The summed E-state index contributed by atoms with van der Waals surface area (Å²) in [7, 11) is 0. The van der Waals surface area contributed by atoms with E-state index in [1.54, 1.807) is 0 Å². The first-order valence-corrected chi connectivity index (χ1v) is 12.2. The third-order valence-corrected chi connectivity index (χ3v) is 6.64. The Morgan fingerprint density at radius 2 is 1.68 bits per heavy atom. The Labute approximate surface area is 202 Å². The zero-order chi connectivity index (χ0) is 23.3. The van der Waals surface area contributed by atoms with Gasteiger partial charge in [0.15, 0.2) is 5.82 Å². The highest BCUT2D eigenvalue weighted by Crippen LogP contribution is 2.25. The van der Waals surface area contributed by atoms with Gasteiger partial charge >= 0.3 is 0 Å². The second-order valence-corrected chi connectivity index (χ2v) is 8.78. The topological polar surface area (TPSA) is 71.5 Å². The van der Waals surface area contributed by atoms with Crippen LogP contribution in [-0.4, -0.2) is 58.8 Å². The van der Waals surface area contributed by atoms with Crippen molar-refractivity contribution >= 4 is 23.1 Å². The van der Waals surface area contributed by atoms with E-state index in [2.05, 4.69) is 20.1 Å². The van der Waals surface area contributed by atoms with Crippen molar-refractivity contribution in [2.24, 2.45) is 0 Å². The monoisotopic (exact) mass is 471 g/mol. The summed E-state index contributed by atoms with van der Waals surface area (Å²) in [6.45, 7) is 5.27. The van der Waals surface area contributed by atoms with Crippen LogP contribution in [0.5, 0.6) is 5.75 Å². The van der Waals surface area contributed by atoms with E-state index in [0.29, 0.717) is 38.5 Å². The molecule has 172 valence electrons. The number of aromatic nitrogens is 3. The first-order chi connectivity index (χ1) is 16.7. The van der Waals surface area contributed by atoms with Crippen molar-refractivity contribution in [2.45, 2.75) is 6.92 Å². The predicted octanol–water partition coefficient (Wildman–Crippen LogP) is 4.63. The molecule has 0 unspecified atom stereocenters. The minimum atomic E-state index is -0.0185. The van der Waals surface area contributed by atoms with Crippen LogP contribution in [0.1, 0.15) is 17.4 Å². The quantitative estimate of drug-likeness (QED) is 0.408. The van der Waals surface area contributed by atoms with E-state index in [1.165, 1.54) is 11.3 Å². The molecule has 0 aliphatic carbocycles. The molecule has 0 bridgehead atoms. The summed E-state index contributed by atoms with van der Waals surface area (Å²) in [5.41, 5.74) is 3.36. The van der Waals surface area contributed by atoms with Crippen LogP contribution < -0.4 is 9.64 Å². The van der Waals surface area contributed by atoms with Crippen LogP contribution in [0.3, 0.4) is 0 Å². The molecule has 1 amide bonds. The van der Waals surface area contributed by atoms with Gasteiger partial charge in [0, 0.05) is 42.7 Å². The minimum Gasteiger partial charge on any atom is -0.494 e. The van der Waals surface area contributed by atoms with Crippen LogP contribution in [0.4, 0.5) is 5.82 Å². The fourth-order valence-electron chi connectivity index (χ4n) is 3.92. The SMILES string of the molecule is CCOc1ccc(-c2ccc(N3CCN(C(=O)c4csc(-c5ccccc5)n4)CC3)nn2)cc1. The molecule has 2 aromatic heterocycles. The molecule has 0 saturated carbocycles. The largest absolute Gasteiger partial charge is 0.494 e. The molecule has 0 atom stereocenters. The van der Waals surface area contributed by atoms with Crippen LogP contribution in [0.2, 0.25) is 0 Å². The Morgan fingerprint density at radius 3 is 2.35 bits per heavy atom. The molecule has 4 aromatic rings. The molecule has 0 radical (unpaired) electrons. The van der Waals surface area contributed by atoms with E-state index < -0.39 is 0 Å². The molecular weight excluding hydrogens is 446 g/mol. The maximum Gasteiger partial charge on any atom is 0.273 e. The third-order valence-electron chi connectivity index (χ3n) is 5.75. The number of rotatable bonds is 6. The lowest BCUT2D eigenvalue weighted by molar-refractivity contribution is 0.0741. The van der Waals surface area contributed by atoms with Crippen LogP contribution in [-0.2, 0) is 0 Å². The van der Waals surface area contributed by atoms with E-state index in [0.717, 1.165) is 33.4 Å². The number of amides is 1. The number of anilines is 1. The summed E-state index contributed by atoms with van der Waals surface area (Å²) >= 11 is 1.50. The fourth-order valence-corrected chi connectivity index (χ4v) is 4.72. The van der Waals surface area contributed by atoms with Crippen molar-refractivity contribution in [3.05, 3.63) is 77.8 Å². The maximum atomic E-state index is 13.0. The molecule has 1 aliphatic rings. The van der Waals surface area contributed by atoms with E-state index in [9.17, 15) is 4.79 Å². The second kappa shape index (κ2) is 10.0. The normalized spacial score (nSPS) is 13.7. The van der Waals surface area contributed by atoms with Gasteiger partial charge in [0.2, 0.25) is 0 Å². The number of ether oxygens (including phenoxy) is 1. The zero-order valence-corrected chi connectivity index (χ0v) is 19.7. The number of carbonyl (C=O) groups excluding carboxylic acids is 1. The molecule has 7 nitrogen and oxygen atoms in total. The van der Waals surface area contributed by atoms with Crippen LogP contribution >= 0.6 is 11.3 Å². The number of piperazine rings is 1. The second-order valence-electron chi connectivity index (χ2n) is 7.92. The van der Waals surface area contributed by atoms with Gasteiger partial charge in [-0.2, -0.15) is 0 Å². The molecular formula is C26H25N5O2S. The molecule has 2 aromatic carbocycles. The van der Waals surface area contributed by atoms with Gasteiger partial charge in [0.05, 0.1) is 12.3 Å². The summed E-state index contributed by atoms with van der Waals surface area (Å²) < 4.78 is 5.50. The lowest BCUT2D eigenvalue weighted by atomic mass is 10.1. The lowest BCUT2D eigenvalue weighted by Crippen LogP contribution is -2.49. The highest BCUT2D eigenvalue weighted by Gasteiger charge is 2.25. The molecule has 0 N–H and O–H groups in total. The van der Waals surface area contributed by atoms with Gasteiger partial charge < -0.3 is 14.5 Å². The van der Waals surface area contributed by atoms with Crippen LogP contribution in [0, 0.1) is 0 Å². The van der Waals surface area contributed by atoms with Crippen molar-refractivity contribution in [2.75, 3.05) is 37.7 Å². The van der Waals surface area contributed by atoms with E-state index in [1.807, 2.05) is 83.9 Å². The number of thiazole rings is 1. The Balaban J connectivity index is 1.19. The first-order valence-electron chi connectivity index (χ1n) is 11.3. The Kier molecular flexibility index (Phi) is 6.49. The average Bonchev–Trinajstić information content (AvgIpc) is 3.40. The van der Waals surface area contributed by atoms with Crippen molar-refractivity contribution in [1.82, 2.24) is 20.1 Å². The summed E-state index contributed by atoms with van der Waals surface area (Å²) in [5.74, 6) is 1.65. The molecule has 34 heavy (non-hydrogen) atoms. The van der Waals surface area contributed by atoms with Crippen LogP contribution in [0.25, 0.3) is 21.8 Å². The Morgan fingerprint density at radius 1 is 0.912 bits per heavy atom. The van der Waals surface area contributed by atoms with Gasteiger partial charge in [-0.1, -0.05) is 30.3 Å². The van der Waals surface area contributed by atoms with Crippen molar-refractivity contribution in [1.29, 1.82) is 0 Å². The first kappa shape index (κ1) is 22.0. The predicted molar refractivity (Wildman–Crippen MR) is 134 cm³/mol. The number of nitrogens with zero attached hydrogens (tertiary/aromatic N) is 5. The lowest BCUT2D eigenvalue weighted by Gasteiger charge is -2.34. The maximum absolute atomic E-state index is 13.0. The summed E-state index contributed by atoms with van der Waals surface area (Å²) in [4.78, 5) is 21.6. The molecule has 8 heteroatoms. The van der Waals surface area contributed by atoms with E-state index in [-0.39, 0.29) is 5.91 Å². The molecule has 1 aliphatic heterocycles. The summed E-state index contributed by atoms with van der Waals surface area (Å²) in [5, 5.41) is 11.6. The molecule has 5 rings (SSSR count). The highest BCUT2D eigenvalue weighted by molar-refractivity contribution is 7.13. The van der Waals surface area contributed by atoms with Gasteiger partial charge in [0.1, 0.15) is 16.5 Å². The van der Waals surface area contributed by atoms with Crippen molar-refractivity contribution < 1.29 is 9.53 Å². The van der Waals surface area contributed by atoms with Crippen LogP contribution in [0.15, 0.2) is 72.1 Å². The Bertz CT molecular complexity index is 1230. The summed E-state index contributed by atoms with van der Waals surface area (Å²) in [6, 6.07) is 21.8. The number of benzene rings is 2. The van der Waals surface area contributed by atoms with E-state index >= 15 is 0 Å². The highest BCUT2D eigenvalue weighted by atomic mass is 32.1. The number of hydrogen-bond donors (Lipinski definition) is 0. The molecule has 1 saturated heterocycles. The van der Waals surface area contributed by atoms with Gasteiger partial charge in [-0.3, -0.25) is 4.79 Å². The number of hydrogen-bond acceptors (Lipinski definition) is 7. The van der Waals surface area contributed by atoms with Gasteiger partial charge in [-0.25, -0.2) is 4.98 Å². The van der Waals surface area contributed by atoms with E-state index in [4.69, 9.17) is 4.74 Å². The molecule has 0 spiro atoms. The van der Waals surface area contributed by atoms with Crippen molar-refractivity contribution in [3.8, 4) is 27.6 Å². The summed E-state index contributed by atoms with van der Waals surface area (Å²) in [6.07, 6.45) is 0. The van der Waals surface area contributed by atoms with Gasteiger partial charge in [0.25, 0.3) is 5.91 Å². The zero-order valence-electron chi connectivity index (χ0n) is 18.9. The smallest absolute Gasteiger partial charge is 0.273 e. The number of carbonyl (C=O) groups is 1. The minimum absolute atomic E-state index is 0.0185. The van der Waals surface area contributed by atoms with Crippen molar-refractivity contribution in [3.63, 3.8) is 0 Å². The fraction of sp³-hybridized carbons (Fsp3) is 0.231. The standard InChI is InChI=1S/C26H25N5O2S/c1-2-33-21-10-8-19(9-11-21)22-12-13-24(29-28-22)30-14-16-31(17-15-30)26(32)23-18-34-25(27-23)20-6-4-3-5-7-20/h3-13,18H,2,14-17H2,1H3. The average molecular weight is 472 g/mol. The third kappa shape index (κ3) is 4.77. The molecule has 1 fully saturated rings. The van der Waals surface area contributed by atoms with Gasteiger partial charge in [-0.05, 0) is 43.3 Å². The molecule has 3 heterocycles.